The lowest BCUT2D eigenvalue weighted by atomic mass is 10.3. The number of carbonyl (C=O) groups excluding carboxylic acids is 1. The average molecular weight is 158 g/mol. The molecule has 0 radical (unpaired) electrons. The third kappa shape index (κ3) is 2.23. The Hall–Kier alpha value is -0.760. The first-order valence-corrected chi connectivity index (χ1v) is 3.42. The fourth-order valence-corrected chi connectivity index (χ4v) is 0.938. The standard InChI is InChI=1S/C7H8ClNO/c8-7(10)6-9-4-2-1-3-5-9/h1-4H,5-6H2. The van der Waals surface area contributed by atoms with Gasteiger partial charge >= 0.3 is 0 Å². The molecule has 1 aliphatic rings. The highest BCUT2D eigenvalue weighted by Gasteiger charge is 2.02. The molecule has 0 amide bonds. The van der Waals surface area contributed by atoms with E-state index in [1.54, 1.807) is 0 Å². The number of nitrogens with zero attached hydrogens (tertiary/aromatic N) is 1. The lowest BCUT2D eigenvalue weighted by Crippen LogP contribution is -2.23. The van der Waals surface area contributed by atoms with Gasteiger partial charge in [0.1, 0.15) is 0 Å². The van der Waals surface area contributed by atoms with Crippen molar-refractivity contribution in [1.82, 2.24) is 4.90 Å². The van der Waals surface area contributed by atoms with Crippen LogP contribution in [0.15, 0.2) is 24.4 Å². The van der Waals surface area contributed by atoms with E-state index in [-0.39, 0.29) is 5.24 Å². The number of hydrogen-bond acceptors (Lipinski definition) is 2. The first kappa shape index (κ1) is 7.35. The molecule has 2 nitrogen and oxygen atoms in total. The monoisotopic (exact) mass is 157 g/mol. The van der Waals surface area contributed by atoms with Crippen molar-refractivity contribution in [3.05, 3.63) is 24.4 Å². The van der Waals surface area contributed by atoms with E-state index in [4.69, 9.17) is 11.6 Å². The van der Waals surface area contributed by atoms with E-state index in [0.717, 1.165) is 6.54 Å². The van der Waals surface area contributed by atoms with E-state index < -0.39 is 0 Å². The maximum Gasteiger partial charge on any atom is 0.240 e. The van der Waals surface area contributed by atoms with E-state index in [9.17, 15) is 4.79 Å². The number of allylic oxidation sites excluding steroid dienone is 2. The van der Waals surface area contributed by atoms with Gasteiger partial charge in [0, 0.05) is 6.54 Å². The highest BCUT2D eigenvalue weighted by atomic mass is 35.5. The zero-order chi connectivity index (χ0) is 7.40. The number of halogens is 1. The zero-order valence-corrected chi connectivity index (χ0v) is 6.21. The SMILES string of the molecule is O=C(Cl)CN1C=CC=CC1. The quantitative estimate of drug-likeness (QED) is 0.561. The fourth-order valence-electron chi connectivity index (χ4n) is 0.784. The Morgan fingerprint density at radius 2 is 2.40 bits per heavy atom. The summed E-state index contributed by atoms with van der Waals surface area (Å²) < 4.78 is 0. The van der Waals surface area contributed by atoms with E-state index in [0.29, 0.717) is 6.54 Å². The molecule has 1 rings (SSSR count). The van der Waals surface area contributed by atoms with Crippen molar-refractivity contribution in [3.8, 4) is 0 Å². The molecule has 54 valence electrons. The van der Waals surface area contributed by atoms with Crippen molar-refractivity contribution in [2.45, 2.75) is 0 Å². The van der Waals surface area contributed by atoms with Gasteiger partial charge in [0.15, 0.2) is 0 Å². The molecule has 1 heterocycles. The van der Waals surface area contributed by atoms with Gasteiger partial charge in [-0.25, -0.2) is 0 Å². The van der Waals surface area contributed by atoms with Gasteiger partial charge in [-0.15, -0.1) is 0 Å². The summed E-state index contributed by atoms with van der Waals surface area (Å²) in [6.45, 7) is 1.07. The summed E-state index contributed by atoms with van der Waals surface area (Å²) in [5.41, 5.74) is 0. The van der Waals surface area contributed by atoms with Crippen molar-refractivity contribution in [2.24, 2.45) is 0 Å². The minimum absolute atomic E-state index is 0.294. The summed E-state index contributed by atoms with van der Waals surface area (Å²) in [4.78, 5) is 12.2. The van der Waals surface area contributed by atoms with Crippen LogP contribution in [0.3, 0.4) is 0 Å². The molecule has 0 aromatic rings. The largest absolute Gasteiger partial charge is 0.365 e. The Labute approximate surface area is 64.8 Å². The van der Waals surface area contributed by atoms with Crippen molar-refractivity contribution < 1.29 is 4.79 Å². The van der Waals surface area contributed by atoms with Crippen LogP contribution >= 0.6 is 11.6 Å². The molecule has 0 fully saturated rings. The Kier molecular flexibility index (Phi) is 2.51. The van der Waals surface area contributed by atoms with Gasteiger partial charge in [0.05, 0.1) is 6.54 Å². The number of hydrogen-bond donors (Lipinski definition) is 0. The molecule has 0 saturated heterocycles. The average Bonchev–Trinajstić information content (AvgIpc) is 1.88. The highest BCUT2D eigenvalue weighted by Crippen LogP contribution is 1.98. The Morgan fingerprint density at radius 3 is 2.90 bits per heavy atom. The molecule has 1 aliphatic heterocycles. The molecule has 3 heteroatoms. The molecule has 0 aromatic heterocycles. The molecule has 0 atom stereocenters. The van der Waals surface area contributed by atoms with E-state index in [1.165, 1.54) is 0 Å². The van der Waals surface area contributed by atoms with Gasteiger partial charge < -0.3 is 4.90 Å². The van der Waals surface area contributed by atoms with Crippen LogP contribution in [0, 0.1) is 0 Å². The predicted molar refractivity (Wildman–Crippen MR) is 40.7 cm³/mol. The minimum Gasteiger partial charge on any atom is -0.365 e. The molecule has 0 spiro atoms. The lowest BCUT2D eigenvalue weighted by Gasteiger charge is -2.17. The van der Waals surface area contributed by atoms with E-state index in [1.807, 2.05) is 29.3 Å². The Morgan fingerprint density at radius 1 is 1.60 bits per heavy atom. The van der Waals surface area contributed by atoms with Gasteiger partial charge in [-0.05, 0) is 23.9 Å². The summed E-state index contributed by atoms with van der Waals surface area (Å²) >= 11 is 5.17. The van der Waals surface area contributed by atoms with Crippen LogP contribution < -0.4 is 0 Å². The van der Waals surface area contributed by atoms with Gasteiger partial charge in [-0.1, -0.05) is 12.2 Å². The molecule has 0 aliphatic carbocycles. The van der Waals surface area contributed by atoms with Gasteiger partial charge in [0.2, 0.25) is 5.24 Å². The molecule has 0 bridgehead atoms. The summed E-state index contributed by atoms with van der Waals surface area (Å²) in [7, 11) is 0. The fraction of sp³-hybridized carbons (Fsp3) is 0.286. The maximum absolute atomic E-state index is 10.4. The third-order valence-electron chi connectivity index (χ3n) is 1.21. The van der Waals surface area contributed by atoms with Crippen LogP contribution in [0.25, 0.3) is 0 Å². The van der Waals surface area contributed by atoms with Crippen molar-refractivity contribution >= 4 is 16.8 Å². The number of rotatable bonds is 2. The van der Waals surface area contributed by atoms with E-state index in [2.05, 4.69) is 0 Å². The first-order chi connectivity index (χ1) is 4.79. The van der Waals surface area contributed by atoms with Crippen molar-refractivity contribution in [1.29, 1.82) is 0 Å². The molecular formula is C7H8ClNO. The molecular weight excluding hydrogens is 150 g/mol. The first-order valence-electron chi connectivity index (χ1n) is 3.05. The second-order valence-electron chi connectivity index (χ2n) is 2.05. The van der Waals surface area contributed by atoms with Crippen LogP contribution in [-0.2, 0) is 4.79 Å². The van der Waals surface area contributed by atoms with Crippen LogP contribution in [0.4, 0.5) is 0 Å². The molecule has 10 heavy (non-hydrogen) atoms. The molecule has 0 unspecified atom stereocenters. The molecule has 0 aromatic carbocycles. The molecule has 0 N–H and O–H groups in total. The third-order valence-corrected chi connectivity index (χ3v) is 1.33. The lowest BCUT2D eigenvalue weighted by molar-refractivity contribution is -0.112. The van der Waals surface area contributed by atoms with Crippen LogP contribution in [0.1, 0.15) is 0 Å². The summed E-state index contributed by atoms with van der Waals surface area (Å²) in [5, 5.41) is -0.319. The number of carbonyl (C=O) groups is 1. The highest BCUT2D eigenvalue weighted by molar-refractivity contribution is 6.64. The van der Waals surface area contributed by atoms with Gasteiger partial charge in [-0.2, -0.15) is 0 Å². The topological polar surface area (TPSA) is 20.3 Å². The van der Waals surface area contributed by atoms with Crippen LogP contribution in [0.2, 0.25) is 0 Å². The van der Waals surface area contributed by atoms with Gasteiger partial charge in [-0.3, -0.25) is 4.79 Å². The summed E-state index contributed by atoms with van der Waals surface area (Å²) in [6.07, 6.45) is 7.64. The Bertz CT molecular complexity index is 186. The zero-order valence-electron chi connectivity index (χ0n) is 5.46. The second kappa shape index (κ2) is 3.42. The van der Waals surface area contributed by atoms with Crippen molar-refractivity contribution in [3.63, 3.8) is 0 Å². The minimum atomic E-state index is -0.319. The van der Waals surface area contributed by atoms with Crippen LogP contribution in [0.5, 0.6) is 0 Å². The maximum atomic E-state index is 10.4. The summed E-state index contributed by atoms with van der Waals surface area (Å²) in [5.74, 6) is 0. The van der Waals surface area contributed by atoms with E-state index >= 15 is 0 Å². The Balaban J connectivity index is 2.37. The normalized spacial score (nSPS) is 15.9. The summed E-state index contributed by atoms with van der Waals surface area (Å²) in [6, 6.07) is 0. The van der Waals surface area contributed by atoms with Gasteiger partial charge in [0.25, 0.3) is 0 Å². The second-order valence-corrected chi connectivity index (χ2v) is 2.48. The molecule has 0 saturated carbocycles. The predicted octanol–water partition coefficient (Wildman–Crippen LogP) is 1.14. The van der Waals surface area contributed by atoms with Crippen molar-refractivity contribution in [2.75, 3.05) is 13.1 Å². The smallest absolute Gasteiger partial charge is 0.240 e. The van der Waals surface area contributed by atoms with Crippen LogP contribution in [-0.4, -0.2) is 23.2 Å².